The van der Waals surface area contributed by atoms with Crippen molar-refractivity contribution in [2.45, 2.75) is 6.42 Å². The lowest BCUT2D eigenvalue weighted by atomic mass is 10.3. The molecule has 3 rings (SSSR count). The normalized spacial score (nSPS) is 10.5. The summed E-state index contributed by atoms with van der Waals surface area (Å²) in [5.74, 6) is 0.255. The average molecular weight is 345 g/mol. The first-order valence-electron chi connectivity index (χ1n) is 7.34. The molecule has 0 unspecified atom stereocenters. The molecule has 24 heavy (non-hydrogen) atoms. The molecule has 2 N–H and O–H groups in total. The summed E-state index contributed by atoms with van der Waals surface area (Å²) in [4.78, 5) is 24.5. The minimum atomic E-state index is -0.307. The number of nitrogens with zero attached hydrogens (tertiary/aromatic N) is 1. The van der Waals surface area contributed by atoms with E-state index in [4.69, 9.17) is 8.94 Å². The summed E-state index contributed by atoms with van der Waals surface area (Å²) in [6, 6.07) is 8.65. The first kappa shape index (κ1) is 16.0. The molecule has 0 aliphatic carbocycles. The Kier molecular flexibility index (Phi) is 5.07. The molecule has 3 aromatic heterocycles. The highest BCUT2D eigenvalue weighted by Gasteiger charge is 2.13. The van der Waals surface area contributed by atoms with Crippen LogP contribution in [0.2, 0.25) is 0 Å². The van der Waals surface area contributed by atoms with Gasteiger partial charge in [-0.25, -0.2) is 0 Å². The zero-order valence-corrected chi connectivity index (χ0v) is 13.5. The molecular formula is C16H15N3O4S. The zero-order valence-electron chi connectivity index (χ0n) is 12.7. The number of nitrogens with one attached hydrogen (secondary N) is 2. The molecular weight excluding hydrogens is 330 g/mol. The summed E-state index contributed by atoms with van der Waals surface area (Å²) in [7, 11) is 0. The van der Waals surface area contributed by atoms with Crippen LogP contribution in [0.15, 0.2) is 50.9 Å². The molecule has 0 atom stereocenters. The Labute approximate surface area is 141 Å². The van der Waals surface area contributed by atoms with Crippen molar-refractivity contribution in [3.05, 3.63) is 53.4 Å². The lowest BCUT2D eigenvalue weighted by Crippen LogP contribution is -2.29. The molecule has 0 spiro atoms. The van der Waals surface area contributed by atoms with Crippen molar-refractivity contribution in [2.24, 2.45) is 0 Å². The van der Waals surface area contributed by atoms with Crippen molar-refractivity contribution in [3.63, 3.8) is 0 Å². The Hall–Kier alpha value is -2.87. The van der Waals surface area contributed by atoms with Crippen LogP contribution in [0.3, 0.4) is 0 Å². The molecule has 0 radical (unpaired) electrons. The smallest absolute Gasteiger partial charge is 0.286 e. The van der Waals surface area contributed by atoms with E-state index in [1.165, 1.54) is 17.6 Å². The third-order valence-electron chi connectivity index (χ3n) is 3.18. The predicted octanol–water partition coefficient (Wildman–Crippen LogP) is 2.55. The molecule has 0 saturated heterocycles. The van der Waals surface area contributed by atoms with Gasteiger partial charge in [0.15, 0.2) is 17.2 Å². The molecule has 3 heterocycles. The molecule has 0 bridgehead atoms. The SMILES string of the molecule is O=C(NCCCNC(=O)c1ccco1)c1cc(-c2cccs2)on1. The lowest BCUT2D eigenvalue weighted by Gasteiger charge is -2.04. The van der Waals surface area contributed by atoms with Crippen molar-refractivity contribution in [1.82, 2.24) is 15.8 Å². The number of hydrogen-bond acceptors (Lipinski definition) is 6. The van der Waals surface area contributed by atoms with Gasteiger partial charge < -0.3 is 19.6 Å². The minimum Gasteiger partial charge on any atom is -0.459 e. The van der Waals surface area contributed by atoms with Gasteiger partial charge in [-0.2, -0.15) is 0 Å². The summed E-state index contributed by atoms with van der Waals surface area (Å²) < 4.78 is 10.1. The maximum absolute atomic E-state index is 12.0. The van der Waals surface area contributed by atoms with Gasteiger partial charge in [0, 0.05) is 19.2 Å². The Balaban J connectivity index is 1.39. The molecule has 124 valence electrons. The van der Waals surface area contributed by atoms with Crippen molar-refractivity contribution < 1.29 is 18.5 Å². The monoisotopic (exact) mass is 345 g/mol. The number of amides is 2. The second-order valence-electron chi connectivity index (χ2n) is 4.90. The van der Waals surface area contributed by atoms with Crippen molar-refractivity contribution in [3.8, 4) is 10.6 Å². The van der Waals surface area contributed by atoms with E-state index in [-0.39, 0.29) is 23.3 Å². The summed E-state index contributed by atoms with van der Waals surface area (Å²) in [6.07, 6.45) is 2.03. The summed E-state index contributed by atoms with van der Waals surface area (Å²) >= 11 is 1.51. The van der Waals surface area contributed by atoms with Gasteiger partial charge in [0.1, 0.15) is 0 Å². The van der Waals surface area contributed by atoms with E-state index in [1.807, 2.05) is 17.5 Å². The summed E-state index contributed by atoms with van der Waals surface area (Å²) in [6.45, 7) is 0.845. The van der Waals surface area contributed by atoms with E-state index in [1.54, 1.807) is 18.2 Å². The Morgan fingerprint density at radius 1 is 1.12 bits per heavy atom. The van der Waals surface area contributed by atoms with Gasteiger partial charge in [-0.3, -0.25) is 9.59 Å². The van der Waals surface area contributed by atoms with Gasteiger partial charge in [-0.15, -0.1) is 11.3 Å². The molecule has 0 fully saturated rings. The highest BCUT2D eigenvalue weighted by molar-refractivity contribution is 7.13. The number of aromatic nitrogens is 1. The van der Waals surface area contributed by atoms with E-state index < -0.39 is 0 Å². The van der Waals surface area contributed by atoms with Crippen molar-refractivity contribution >= 4 is 23.2 Å². The van der Waals surface area contributed by atoms with Crippen LogP contribution in [0.4, 0.5) is 0 Å². The second kappa shape index (κ2) is 7.60. The quantitative estimate of drug-likeness (QED) is 0.641. The van der Waals surface area contributed by atoms with Crippen molar-refractivity contribution in [2.75, 3.05) is 13.1 Å². The third kappa shape index (κ3) is 3.90. The predicted molar refractivity (Wildman–Crippen MR) is 87.8 cm³/mol. The average Bonchev–Trinajstić information content (AvgIpc) is 3.35. The van der Waals surface area contributed by atoms with Crippen LogP contribution in [0.5, 0.6) is 0 Å². The Morgan fingerprint density at radius 3 is 2.67 bits per heavy atom. The number of carbonyl (C=O) groups excluding carboxylic acids is 2. The number of carbonyl (C=O) groups is 2. The maximum atomic E-state index is 12.0. The molecule has 7 nitrogen and oxygen atoms in total. The van der Waals surface area contributed by atoms with E-state index >= 15 is 0 Å². The van der Waals surface area contributed by atoms with Gasteiger partial charge in [-0.05, 0) is 30.0 Å². The number of rotatable bonds is 7. The summed E-state index contributed by atoms with van der Waals surface area (Å²) in [5, 5.41) is 11.1. The second-order valence-corrected chi connectivity index (χ2v) is 5.84. The van der Waals surface area contributed by atoms with Crippen LogP contribution in [0.1, 0.15) is 27.5 Å². The van der Waals surface area contributed by atoms with Gasteiger partial charge in [0.05, 0.1) is 11.1 Å². The highest BCUT2D eigenvalue weighted by Crippen LogP contribution is 2.24. The van der Waals surface area contributed by atoms with E-state index in [0.29, 0.717) is 25.3 Å². The van der Waals surface area contributed by atoms with Crippen LogP contribution < -0.4 is 10.6 Å². The van der Waals surface area contributed by atoms with Gasteiger partial charge in [0.2, 0.25) is 0 Å². The number of hydrogen-bond donors (Lipinski definition) is 2. The van der Waals surface area contributed by atoms with Gasteiger partial charge >= 0.3 is 0 Å². The molecule has 0 aliphatic heterocycles. The maximum Gasteiger partial charge on any atom is 0.286 e. The van der Waals surface area contributed by atoms with E-state index in [2.05, 4.69) is 15.8 Å². The molecule has 3 aromatic rings. The topological polar surface area (TPSA) is 97.4 Å². The van der Waals surface area contributed by atoms with Gasteiger partial charge in [0.25, 0.3) is 11.8 Å². The fourth-order valence-electron chi connectivity index (χ4n) is 1.99. The van der Waals surface area contributed by atoms with E-state index in [9.17, 15) is 9.59 Å². The minimum absolute atomic E-state index is 0.234. The first-order valence-corrected chi connectivity index (χ1v) is 8.22. The highest BCUT2D eigenvalue weighted by atomic mass is 32.1. The first-order chi connectivity index (χ1) is 11.7. The van der Waals surface area contributed by atoms with Gasteiger partial charge in [-0.1, -0.05) is 11.2 Å². The van der Waals surface area contributed by atoms with Crippen LogP contribution >= 0.6 is 11.3 Å². The molecule has 0 aliphatic rings. The molecule has 0 aromatic carbocycles. The molecule has 8 heteroatoms. The lowest BCUT2D eigenvalue weighted by molar-refractivity contribution is 0.0925. The van der Waals surface area contributed by atoms with Crippen LogP contribution in [0, 0.1) is 0 Å². The van der Waals surface area contributed by atoms with E-state index in [0.717, 1.165) is 4.88 Å². The molecule has 2 amide bonds. The summed E-state index contributed by atoms with van der Waals surface area (Å²) in [5.41, 5.74) is 0.234. The number of furan rings is 1. The van der Waals surface area contributed by atoms with Crippen LogP contribution in [-0.2, 0) is 0 Å². The third-order valence-corrected chi connectivity index (χ3v) is 4.06. The fourth-order valence-corrected chi connectivity index (χ4v) is 2.67. The zero-order chi connectivity index (χ0) is 16.8. The molecule has 0 saturated carbocycles. The fraction of sp³-hybridized carbons (Fsp3) is 0.188. The Morgan fingerprint density at radius 2 is 1.96 bits per heavy atom. The standard InChI is InChI=1S/C16H15N3O4S/c20-15(11-10-13(23-19-11)14-5-2-9-24-14)17-6-3-7-18-16(21)12-4-1-8-22-12/h1-2,4-5,8-10H,3,6-7H2,(H,17,20)(H,18,21). The largest absolute Gasteiger partial charge is 0.459 e. The Bertz CT molecular complexity index is 793. The van der Waals surface area contributed by atoms with Crippen LogP contribution in [0.25, 0.3) is 10.6 Å². The number of thiophene rings is 1. The van der Waals surface area contributed by atoms with Crippen molar-refractivity contribution in [1.29, 1.82) is 0 Å². The van der Waals surface area contributed by atoms with Crippen LogP contribution in [-0.4, -0.2) is 30.1 Å².